The zero-order chi connectivity index (χ0) is 13.1. The van der Waals surface area contributed by atoms with Gasteiger partial charge < -0.3 is 9.73 Å². The summed E-state index contributed by atoms with van der Waals surface area (Å²) in [5.41, 5.74) is 1.20. The van der Waals surface area contributed by atoms with E-state index in [9.17, 15) is 0 Å². The third kappa shape index (κ3) is 2.82. The number of hydrogen-bond acceptors (Lipinski definition) is 3. The van der Waals surface area contributed by atoms with Crippen molar-refractivity contribution in [3.05, 3.63) is 41.6 Å². The van der Waals surface area contributed by atoms with Crippen LogP contribution in [0.25, 0.3) is 0 Å². The lowest BCUT2D eigenvalue weighted by atomic mass is 10.1. The summed E-state index contributed by atoms with van der Waals surface area (Å²) in [6, 6.07) is 4.46. The van der Waals surface area contributed by atoms with Gasteiger partial charge in [-0.05, 0) is 39.8 Å². The van der Waals surface area contributed by atoms with Gasteiger partial charge in [0, 0.05) is 24.3 Å². The second kappa shape index (κ2) is 5.40. The fraction of sp³-hybridized carbons (Fsp3) is 0.500. The minimum atomic E-state index is 0.193. The Balaban J connectivity index is 2.00. The first kappa shape index (κ1) is 12.9. The normalized spacial score (nSPS) is 14.7. The maximum Gasteiger partial charge on any atom is 0.120 e. The summed E-state index contributed by atoms with van der Waals surface area (Å²) in [7, 11) is 0. The fourth-order valence-electron chi connectivity index (χ4n) is 2.02. The highest BCUT2D eigenvalue weighted by molar-refractivity contribution is 5.13. The summed E-state index contributed by atoms with van der Waals surface area (Å²) in [5, 5.41) is 7.81. The molecule has 2 unspecified atom stereocenters. The number of aromatic nitrogens is 2. The minimum absolute atomic E-state index is 0.193. The predicted molar refractivity (Wildman–Crippen MR) is 71.3 cm³/mol. The summed E-state index contributed by atoms with van der Waals surface area (Å²) >= 11 is 0. The molecule has 2 heterocycles. The fourth-order valence-corrected chi connectivity index (χ4v) is 2.02. The summed E-state index contributed by atoms with van der Waals surface area (Å²) in [5.74, 6) is 1.92. The lowest BCUT2D eigenvalue weighted by Crippen LogP contribution is -2.21. The van der Waals surface area contributed by atoms with Gasteiger partial charge in [-0.2, -0.15) is 5.10 Å². The average Bonchev–Trinajstić information content (AvgIpc) is 2.97. The highest BCUT2D eigenvalue weighted by atomic mass is 16.3. The van der Waals surface area contributed by atoms with Gasteiger partial charge in [0.15, 0.2) is 0 Å². The van der Waals surface area contributed by atoms with Crippen molar-refractivity contribution in [1.82, 2.24) is 15.1 Å². The van der Waals surface area contributed by atoms with Crippen molar-refractivity contribution in [2.75, 3.05) is 0 Å². The molecule has 0 saturated heterocycles. The number of nitrogens with zero attached hydrogens (tertiary/aromatic N) is 2. The van der Waals surface area contributed by atoms with Gasteiger partial charge in [0.1, 0.15) is 11.5 Å². The van der Waals surface area contributed by atoms with Gasteiger partial charge in [0.05, 0.1) is 12.2 Å². The van der Waals surface area contributed by atoms with E-state index in [1.165, 1.54) is 5.56 Å². The molecule has 2 rings (SSSR count). The van der Waals surface area contributed by atoms with E-state index < -0.39 is 0 Å². The monoisotopic (exact) mass is 247 g/mol. The SMILES string of the molecule is CCn1cc(C(C)NC(C)c2ccc(C)o2)cn1. The van der Waals surface area contributed by atoms with Gasteiger partial charge >= 0.3 is 0 Å². The van der Waals surface area contributed by atoms with E-state index in [-0.39, 0.29) is 12.1 Å². The first-order valence-corrected chi connectivity index (χ1v) is 6.45. The molecule has 1 N–H and O–H groups in total. The molecule has 0 aliphatic heterocycles. The molecule has 0 radical (unpaired) electrons. The summed E-state index contributed by atoms with van der Waals surface area (Å²) in [6.07, 6.45) is 4.00. The Labute approximate surface area is 108 Å². The van der Waals surface area contributed by atoms with Crippen LogP contribution in [0.2, 0.25) is 0 Å². The van der Waals surface area contributed by atoms with Crippen LogP contribution in [0.4, 0.5) is 0 Å². The third-order valence-corrected chi connectivity index (χ3v) is 3.17. The van der Waals surface area contributed by atoms with E-state index in [1.54, 1.807) is 0 Å². The highest BCUT2D eigenvalue weighted by Crippen LogP contribution is 2.20. The van der Waals surface area contributed by atoms with Crippen LogP contribution in [0, 0.1) is 6.92 Å². The first-order valence-electron chi connectivity index (χ1n) is 6.45. The van der Waals surface area contributed by atoms with Gasteiger partial charge in [-0.1, -0.05) is 0 Å². The Kier molecular flexibility index (Phi) is 3.87. The van der Waals surface area contributed by atoms with Gasteiger partial charge in [0.25, 0.3) is 0 Å². The Morgan fingerprint density at radius 1 is 1.33 bits per heavy atom. The summed E-state index contributed by atoms with van der Waals surface area (Å²) in [6.45, 7) is 9.20. The van der Waals surface area contributed by atoms with E-state index >= 15 is 0 Å². The van der Waals surface area contributed by atoms with E-state index in [1.807, 2.05) is 29.9 Å². The number of nitrogens with one attached hydrogen (secondary N) is 1. The highest BCUT2D eigenvalue weighted by Gasteiger charge is 2.14. The van der Waals surface area contributed by atoms with Crippen molar-refractivity contribution in [3.8, 4) is 0 Å². The maximum atomic E-state index is 5.63. The quantitative estimate of drug-likeness (QED) is 0.882. The van der Waals surface area contributed by atoms with Crippen LogP contribution >= 0.6 is 0 Å². The van der Waals surface area contributed by atoms with Crippen molar-refractivity contribution in [2.45, 2.75) is 46.3 Å². The van der Waals surface area contributed by atoms with Crippen molar-refractivity contribution in [3.63, 3.8) is 0 Å². The first-order chi connectivity index (χ1) is 8.60. The molecular weight excluding hydrogens is 226 g/mol. The molecule has 0 aliphatic carbocycles. The van der Waals surface area contributed by atoms with Gasteiger partial charge in [-0.25, -0.2) is 0 Å². The van der Waals surface area contributed by atoms with Crippen LogP contribution in [0.15, 0.2) is 28.9 Å². The molecule has 18 heavy (non-hydrogen) atoms. The second-order valence-electron chi connectivity index (χ2n) is 4.69. The zero-order valence-corrected chi connectivity index (χ0v) is 11.5. The van der Waals surface area contributed by atoms with Gasteiger partial charge in [0.2, 0.25) is 0 Å². The van der Waals surface area contributed by atoms with Gasteiger partial charge in [-0.3, -0.25) is 4.68 Å². The molecule has 0 saturated carbocycles. The van der Waals surface area contributed by atoms with Crippen molar-refractivity contribution >= 4 is 0 Å². The lowest BCUT2D eigenvalue weighted by Gasteiger charge is -2.17. The molecule has 4 heteroatoms. The Morgan fingerprint density at radius 2 is 2.11 bits per heavy atom. The third-order valence-electron chi connectivity index (χ3n) is 3.17. The Bertz CT molecular complexity index is 501. The van der Waals surface area contributed by atoms with Crippen molar-refractivity contribution < 1.29 is 4.42 Å². The molecule has 2 atom stereocenters. The van der Waals surface area contributed by atoms with E-state index in [0.717, 1.165) is 18.1 Å². The number of hydrogen-bond donors (Lipinski definition) is 1. The molecule has 2 aromatic heterocycles. The van der Waals surface area contributed by atoms with Crippen LogP contribution in [-0.4, -0.2) is 9.78 Å². The van der Waals surface area contributed by atoms with Gasteiger partial charge in [-0.15, -0.1) is 0 Å². The van der Waals surface area contributed by atoms with E-state index in [4.69, 9.17) is 4.42 Å². The average molecular weight is 247 g/mol. The maximum absolute atomic E-state index is 5.63. The molecule has 0 spiro atoms. The van der Waals surface area contributed by atoms with Crippen LogP contribution in [0.1, 0.15) is 49.9 Å². The molecule has 2 aromatic rings. The van der Waals surface area contributed by atoms with Crippen molar-refractivity contribution in [1.29, 1.82) is 0 Å². The van der Waals surface area contributed by atoms with Crippen LogP contribution in [-0.2, 0) is 6.54 Å². The van der Waals surface area contributed by atoms with E-state index in [0.29, 0.717) is 0 Å². The van der Waals surface area contributed by atoms with E-state index in [2.05, 4.69) is 37.4 Å². The van der Waals surface area contributed by atoms with Crippen LogP contribution < -0.4 is 5.32 Å². The molecule has 0 aromatic carbocycles. The molecule has 4 nitrogen and oxygen atoms in total. The molecule has 0 amide bonds. The number of furan rings is 1. The summed E-state index contributed by atoms with van der Waals surface area (Å²) in [4.78, 5) is 0. The van der Waals surface area contributed by atoms with Crippen molar-refractivity contribution in [2.24, 2.45) is 0 Å². The number of rotatable bonds is 5. The molecule has 0 bridgehead atoms. The van der Waals surface area contributed by atoms with Crippen LogP contribution in [0.5, 0.6) is 0 Å². The zero-order valence-electron chi connectivity index (χ0n) is 11.5. The molecule has 98 valence electrons. The molecule has 0 aliphatic rings. The molecule has 0 fully saturated rings. The summed E-state index contributed by atoms with van der Waals surface area (Å²) < 4.78 is 7.56. The topological polar surface area (TPSA) is 43.0 Å². The standard InChI is InChI=1S/C14H21N3O/c1-5-17-9-13(8-15-17)11(3)16-12(4)14-7-6-10(2)18-14/h6-9,11-12,16H,5H2,1-4H3. The largest absolute Gasteiger partial charge is 0.465 e. The number of aryl methyl sites for hydroxylation is 2. The second-order valence-corrected chi connectivity index (χ2v) is 4.69. The Hall–Kier alpha value is -1.55. The lowest BCUT2D eigenvalue weighted by molar-refractivity contribution is 0.392. The minimum Gasteiger partial charge on any atom is -0.465 e. The smallest absolute Gasteiger partial charge is 0.120 e. The van der Waals surface area contributed by atoms with Crippen LogP contribution in [0.3, 0.4) is 0 Å². The molecular formula is C14H21N3O. The Morgan fingerprint density at radius 3 is 2.67 bits per heavy atom. The predicted octanol–water partition coefficient (Wildman–Crippen LogP) is 3.22.